The minimum atomic E-state index is -0.996. The molecule has 1 amide bonds. The Morgan fingerprint density at radius 1 is 1.15 bits per heavy atom. The summed E-state index contributed by atoms with van der Waals surface area (Å²) < 4.78 is 11.2. The van der Waals surface area contributed by atoms with Gasteiger partial charge in [-0.2, -0.15) is 0 Å². The van der Waals surface area contributed by atoms with Gasteiger partial charge in [0.2, 0.25) is 5.91 Å². The van der Waals surface area contributed by atoms with Gasteiger partial charge in [0.1, 0.15) is 24.2 Å². The predicted molar refractivity (Wildman–Crippen MR) is 151 cm³/mol. The molecule has 0 saturated carbocycles. The monoisotopic (exact) mass is 562 g/mol. The van der Waals surface area contributed by atoms with E-state index in [1.807, 2.05) is 41.3 Å². The number of methoxy groups -OCH3 is 1. The summed E-state index contributed by atoms with van der Waals surface area (Å²) in [7, 11) is 1.44. The molecule has 1 aliphatic heterocycles. The molecule has 2 aromatic heterocycles. The molecule has 2 aromatic carbocycles. The Balaban J connectivity index is 1.52. The molecule has 0 radical (unpaired) electrons. The van der Waals surface area contributed by atoms with Crippen LogP contribution < -0.4 is 15.5 Å². The zero-order valence-electron chi connectivity index (χ0n) is 20.6. The van der Waals surface area contributed by atoms with Crippen LogP contribution in [0.5, 0.6) is 0 Å². The van der Waals surface area contributed by atoms with Crippen LogP contribution in [0.4, 0.5) is 11.4 Å². The van der Waals surface area contributed by atoms with Crippen LogP contribution in [0, 0.1) is 0 Å². The SMILES string of the molecule is COCC(=O)Nc1ccc(N2C(=S)N[C@H](c3ccccn3)[C@H]2c2ccc(-c3ccc(C(=O)O)cc3)o2)cc1Cl. The Hall–Kier alpha value is -4.25. The van der Waals surface area contributed by atoms with Crippen LogP contribution in [-0.2, 0) is 9.53 Å². The Morgan fingerprint density at radius 3 is 2.62 bits per heavy atom. The Bertz CT molecular complexity index is 1530. The van der Waals surface area contributed by atoms with E-state index < -0.39 is 12.0 Å². The van der Waals surface area contributed by atoms with Crippen molar-refractivity contribution in [2.75, 3.05) is 23.9 Å². The molecule has 0 aliphatic carbocycles. The topological polar surface area (TPSA) is 117 Å². The van der Waals surface area contributed by atoms with Gasteiger partial charge in [-0.25, -0.2) is 4.79 Å². The Kier molecular flexibility index (Phi) is 7.60. The fourth-order valence-electron chi connectivity index (χ4n) is 4.44. The van der Waals surface area contributed by atoms with E-state index in [-0.39, 0.29) is 24.1 Å². The van der Waals surface area contributed by atoms with E-state index in [9.17, 15) is 14.7 Å². The summed E-state index contributed by atoms with van der Waals surface area (Å²) in [6.07, 6.45) is 1.71. The maximum absolute atomic E-state index is 12.0. The quantitative estimate of drug-likeness (QED) is 0.241. The first-order chi connectivity index (χ1) is 18.9. The Labute approximate surface area is 234 Å². The normalized spacial score (nSPS) is 16.7. The van der Waals surface area contributed by atoms with Crippen molar-refractivity contribution in [2.45, 2.75) is 12.1 Å². The number of aromatic carboxylic acids is 1. The fraction of sp³-hybridized carbons (Fsp3) is 0.143. The number of carboxylic acid groups (broad SMARTS) is 1. The minimum absolute atomic E-state index is 0.0914. The van der Waals surface area contributed by atoms with E-state index in [1.165, 1.54) is 19.2 Å². The predicted octanol–water partition coefficient (Wildman–Crippen LogP) is 5.46. The molecule has 0 spiro atoms. The second-order valence-electron chi connectivity index (χ2n) is 8.73. The number of anilines is 2. The lowest BCUT2D eigenvalue weighted by Crippen LogP contribution is -2.29. The highest BCUT2D eigenvalue weighted by Gasteiger charge is 2.42. The highest BCUT2D eigenvalue weighted by Crippen LogP contribution is 2.44. The number of benzene rings is 2. The molecule has 3 heterocycles. The van der Waals surface area contributed by atoms with Gasteiger partial charge in [-0.05, 0) is 66.8 Å². The number of aromatic nitrogens is 1. The van der Waals surface area contributed by atoms with Gasteiger partial charge < -0.3 is 29.8 Å². The van der Waals surface area contributed by atoms with Gasteiger partial charge in [-0.15, -0.1) is 0 Å². The molecule has 1 saturated heterocycles. The zero-order chi connectivity index (χ0) is 27.5. The van der Waals surface area contributed by atoms with Crippen LogP contribution in [-0.4, -0.2) is 40.8 Å². The van der Waals surface area contributed by atoms with Gasteiger partial charge in [0.15, 0.2) is 5.11 Å². The molecule has 39 heavy (non-hydrogen) atoms. The summed E-state index contributed by atoms with van der Waals surface area (Å²) in [5.41, 5.74) is 2.83. The van der Waals surface area contributed by atoms with Gasteiger partial charge in [-0.1, -0.05) is 29.8 Å². The van der Waals surface area contributed by atoms with Crippen molar-refractivity contribution < 1.29 is 23.8 Å². The standard InChI is InChI=1S/C28H23ClN4O5S/c1-37-15-24(34)31-20-10-9-18(14-19(20)29)33-26(25(32-28(33)39)21-4-2-3-13-30-21)23-12-11-22(38-23)16-5-7-17(8-6-16)27(35)36/h2-14,25-26H,15H2,1H3,(H,31,34)(H,32,39)(H,35,36)/t25-,26-/m1/s1. The molecule has 9 nitrogen and oxygen atoms in total. The summed E-state index contributed by atoms with van der Waals surface area (Å²) in [4.78, 5) is 29.7. The first-order valence-electron chi connectivity index (χ1n) is 11.9. The van der Waals surface area contributed by atoms with E-state index in [0.717, 1.165) is 11.3 Å². The van der Waals surface area contributed by atoms with Crippen LogP contribution in [0.1, 0.15) is 33.9 Å². The van der Waals surface area contributed by atoms with Crippen LogP contribution in [0.3, 0.4) is 0 Å². The second-order valence-corrected chi connectivity index (χ2v) is 9.52. The number of hydrogen-bond acceptors (Lipinski definition) is 6. The number of rotatable bonds is 8. The second kappa shape index (κ2) is 11.2. The summed E-state index contributed by atoms with van der Waals surface area (Å²) in [5, 5.41) is 16.1. The summed E-state index contributed by atoms with van der Waals surface area (Å²) in [6.45, 7) is -0.0914. The van der Waals surface area contributed by atoms with E-state index in [2.05, 4.69) is 15.6 Å². The third-order valence-corrected chi connectivity index (χ3v) is 6.84. The van der Waals surface area contributed by atoms with Crippen molar-refractivity contribution >= 4 is 52.2 Å². The molecule has 4 aromatic rings. The molecule has 0 unspecified atom stereocenters. The van der Waals surface area contributed by atoms with Crippen molar-refractivity contribution in [3.63, 3.8) is 0 Å². The lowest BCUT2D eigenvalue weighted by atomic mass is 10.0. The number of ether oxygens (including phenoxy) is 1. The van der Waals surface area contributed by atoms with E-state index >= 15 is 0 Å². The van der Waals surface area contributed by atoms with E-state index in [0.29, 0.717) is 33.0 Å². The number of halogens is 1. The van der Waals surface area contributed by atoms with Gasteiger partial charge in [0.25, 0.3) is 0 Å². The number of hydrogen-bond donors (Lipinski definition) is 3. The van der Waals surface area contributed by atoms with Crippen LogP contribution in [0.15, 0.2) is 83.4 Å². The first kappa shape index (κ1) is 26.4. The number of nitrogens with zero attached hydrogens (tertiary/aromatic N) is 2. The molecular weight excluding hydrogens is 540 g/mol. The van der Waals surface area contributed by atoms with Crippen molar-refractivity contribution in [1.82, 2.24) is 10.3 Å². The summed E-state index contributed by atoms with van der Waals surface area (Å²) in [6, 6.07) is 20.3. The molecule has 5 rings (SSSR count). The van der Waals surface area contributed by atoms with Gasteiger partial charge in [0.05, 0.1) is 28.0 Å². The van der Waals surface area contributed by atoms with Crippen LogP contribution >= 0.6 is 23.8 Å². The molecule has 1 fully saturated rings. The number of furan rings is 1. The minimum Gasteiger partial charge on any atom is -0.478 e. The smallest absolute Gasteiger partial charge is 0.335 e. The molecule has 198 valence electrons. The van der Waals surface area contributed by atoms with Gasteiger partial charge in [-0.3, -0.25) is 9.78 Å². The number of pyridine rings is 1. The number of carbonyl (C=O) groups is 2. The number of thiocarbonyl (C=S) groups is 1. The summed E-state index contributed by atoms with van der Waals surface area (Å²) in [5.74, 6) is -0.125. The zero-order valence-corrected chi connectivity index (χ0v) is 22.2. The lowest BCUT2D eigenvalue weighted by Gasteiger charge is -2.26. The number of carbonyl (C=O) groups excluding carboxylic acids is 1. The molecular formula is C28H23ClN4O5S. The summed E-state index contributed by atoms with van der Waals surface area (Å²) >= 11 is 12.3. The van der Waals surface area contributed by atoms with E-state index in [4.69, 9.17) is 33.0 Å². The van der Waals surface area contributed by atoms with Crippen molar-refractivity contribution in [3.8, 4) is 11.3 Å². The highest BCUT2D eigenvalue weighted by molar-refractivity contribution is 7.80. The first-order valence-corrected chi connectivity index (χ1v) is 12.7. The maximum Gasteiger partial charge on any atom is 0.335 e. The lowest BCUT2D eigenvalue weighted by molar-refractivity contribution is -0.119. The maximum atomic E-state index is 12.0. The molecule has 0 bridgehead atoms. The average molecular weight is 563 g/mol. The Morgan fingerprint density at radius 2 is 1.95 bits per heavy atom. The van der Waals surface area contributed by atoms with Crippen molar-refractivity contribution in [1.29, 1.82) is 0 Å². The third-order valence-electron chi connectivity index (χ3n) is 6.21. The number of carboxylic acids is 1. The molecule has 2 atom stereocenters. The van der Waals surface area contributed by atoms with Gasteiger partial charge in [0, 0.05) is 24.6 Å². The van der Waals surface area contributed by atoms with Crippen molar-refractivity contribution in [2.24, 2.45) is 0 Å². The molecule has 3 N–H and O–H groups in total. The molecule has 1 aliphatic rings. The van der Waals surface area contributed by atoms with Crippen LogP contribution in [0.25, 0.3) is 11.3 Å². The largest absolute Gasteiger partial charge is 0.478 e. The average Bonchev–Trinajstić information content (AvgIpc) is 3.55. The van der Waals surface area contributed by atoms with Gasteiger partial charge >= 0.3 is 5.97 Å². The van der Waals surface area contributed by atoms with Crippen molar-refractivity contribution in [3.05, 3.63) is 101 Å². The molecule has 11 heteroatoms. The fourth-order valence-corrected chi connectivity index (χ4v) is 5.01. The number of nitrogens with one attached hydrogen (secondary N) is 2. The van der Waals surface area contributed by atoms with Crippen LogP contribution in [0.2, 0.25) is 5.02 Å². The third kappa shape index (κ3) is 5.49. The highest BCUT2D eigenvalue weighted by atomic mass is 35.5. The number of amides is 1. The van der Waals surface area contributed by atoms with E-state index in [1.54, 1.807) is 30.5 Å².